The summed E-state index contributed by atoms with van der Waals surface area (Å²) < 4.78 is 25.0. The molecule has 0 amide bonds. The summed E-state index contributed by atoms with van der Waals surface area (Å²) in [6.07, 6.45) is 4.35. The molecule has 2 saturated heterocycles. The zero-order valence-electron chi connectivity index (χ0n) is 9.79. The molecule has 7 heteroatoms. The van der Waals surface area contributed by atoms with E-state index in [9.17, 15) is 8.42 Å². The van der Waals surface area contributed by atoms with Gasteiger partial charge in [-0.05, 0) is 12.5 Å². The highest BCUT2D eigenvalue weighted by molar-refractivity contribution is 8.86. The van der Waals surface area contributed by atoms with Gasteiger partial charge in [-0.3, -0.25) is 9.21 Å². The largest absolute Gasteiger partial charge is 0.296 e. The van der Waals surface area contributed by atoms with Gasteiger partial charge < -0.3 is 0 Å². The van der Waals surface area contributed by atoms with Crippen molar-refractivity contribution in [3.63, 3.8) is 0 Å². The number of thiol groups is 1. The zero-order chi connectivity index (χ0) is 12.0. The van der Waals surface area contributed by atoms with Gasteiger partial charge in [-0.15, -0.1) is 20.9 Å². The van der Waals surface area contributed by atoms with Crippen LogP contribution in [0.5, 0.6) is 0 Å². The SMILES string of the molecule is CS(C)(S)N1CC(N2CCS(=O)(=O)CC2)C1. The van der Waals surface area contributed by atoms with Gasteiger partial charge in [-0.1, -0.05) is 0 Å². The summed E-state index contributed by atoms with van der Waals surface area (Å²) in [5, 5.41) is 0. The number of nitrogens with zero attached hydrogens (tertiary/aromatic N) is 2. The van der Waals surface area contributed by atoms with E-state index < -0.39 is 19.1 Å². The number of hydrogen-bond donors (Lipinski definition) is 1. The van der Waals surface area contributed by atoms with E-state index in [0.29, 0.717) is 30.6 Å². The van der Waals surface area contributed by atoms with E-state index in [0.717, 1.165) is 13.1 Å². The first kappa shape index (κ1) is 13.0. The Hall–Kier alpha value is 0.570. The van der Waals surface area contributed by atoms with Crippen LogP contribution in [0.15, 0.2) is 0 Å². The molecule has 0 aromatic heterocycles. The first-order valence-electron chi connectivity index (χ1n) is 5.43. The zero-order valence-corrected chi connectivity index (χ0v) is 12.3. The second-order valence-electron chi connectivity index (χ2n) is 4.91. The van der Waals surface area contributed by atoms with Crippen LogP contribution in [0.25, 0.3) is 0 Å². The fourth-order valence-corrected chi connectivity index (χ4v) is 4.81. The number of sulfone groups is 1. The van der Waals surface area contributed by atoms with Crippen LogP contribution in [-0.2, 0) is 9.84 Å². The maximum absolute atomic E-state index is 11.3. The minimum absolute atomic E-state index is 0.334. The third-order valence-corrected chi connectivity index (χ3v) is 7.22. The molecule has 0 N–H and O–H groups in total. The second kappa shape index (κ2) is 4.35. The van der Waals surface area contributed by atoms with E-state index >= 15 is 0 Å². The van der Waals surface area contributed by atoms with E-state index in [1.54, 1.807) is 0 Å². The van der Waals surface area contributed by atoms with Gasteiger partial charge in [0.05, 0.1) is 11.5 Å². The lowest BCUT2D eigenvalue weighted by atomic mass is 10.1. The van der Waals surface area contributed by atoms with Crippen molar-refractivity contribution >= 4 is 30.7 Å². The van der Waals surface area contributed by atoms with Crippen molar-refractivity contribution in [2.45, 2.75) is 6.04 Å². The average Bonchev–Trinajstić information content (AvgIpc) is 2.02. The van der Waals surface area contributed by atoms with Crippen LogP contribution in [-0.4, -0.2) is 73.9 Å². The van der Waals surface area contributed by atoms with Crippen LogP contribution >= 0.6 is 20.9 Å². The van der Waals surface area contributed by atoms with Gasteiger partial charge in [-0.25, -0.2) is 8.42 Å². The summed E-state index contributed by atoms with van der Waals surface area (Å²) in [5.74, 6) is 0.668. The van der Waals surface area contributed by atoms with Gasteiger partial charge in [-0.2, -0.15) is 0 Å². The van der Waals surface area contributed by atoms with Crippen molar-refractivity contribution in [1.82, 2.24) is 9.21 Å². The Kier molecular flexibility index (Phi) is 3.54. The molecule has 2 rings (SSSR count). The summed E-state index contributed by atoms with van der Waals surface area (Å²) in [7, 11) is -3.62. The summed E-state index contributed by atoms with van der Waals surface area (Å²) in [6, 6.07) is 0.550. The molecule has 2 aliphatic heterocycles. The third kappa shape index (κ3) is 2.87. The molecule has 0 saturated carbocycles. The molecule has 4 nitrogen and oxygen atoms in total. The molecule has 0 aromatic carbocycles. The van der Waals surface area contributed by atoms with Gasteiger partial charge in [0, 0.05) is 32.2 Å². The summed E-state index contributed by atoms with van der Waals surface area (Å²) in [6.45, 7) is 3.52. The quantitative estimate of drug-likeness (QED) is 0.582. The lowest BCUT2D eigenvalue weighted by Gasteiger charge is -2.53. The van der Waals surface area contributed by atoms with Crippen molar-refractivity contribution in [2.75, 3.05) is 50.2 Å². The van der Waals surface area contributed by atoms with Crippen LogP contribution < -0.4 is 0 Å². The predicted octanol–water partition coefficient (Wildman–Crippen LogP) is 0.225. The molecule has 0 unspecified atom stereocenters. The van der Waals surface area contributed by atoms with E-state index in [1.807, 2.05) is 0 Å². The summed E-state index contributed by atoms with van der Waals surface area (Å²) in [5.41, 5.74) is 0. The van der Waals surface area contributed by atoms with E-state index in [1.165, 1.54) is 0 Å². The van der Waals surface area contributed by atoms with Gasteiger partial charge in [0.25, 0.3) is 0 Å². The van der Waals surface area contributed by atoms with Crippen LogP contribution in [0.3, 0.4) is 0 Å². The Morgan fingerprint density at radius 1 is 1.19 bits per heavy atom. The number of rotatable bonds is 2. The summed E-state index contributed by atoms with van der Waals surface area (Å²) >= 11 is 4.61. The van der Waals surface area contributed by atoms with Crippen molar-refractivity contribution < 1.29 is 8.42 Å². The molecule has 2 fully saturated rings. The first-order valence-corrected chi connectivity index (χ1v) is 10.7. The van der Waals surface area contributed by atoms with Gasteiger partial charge in [0.15, 0.2) is 9.84 Å². The molecule has 96 valence electrons. The molecule has 0 radical (unpaired) electrons. The molecule has 16 heavy (non-hydrogen) atoms. The van der Waals surface area contributed by atoms with Crippen LogP contribution in [0.1, 0.15) is 0 Å². The topological polar surface area (TPSA) is 40.6 Å². The third-order valence-electron chi connectivity index (χ3n) is 3.36. The van der Waals surface area contributed by atoms with Crippen LogP contribution in [0, 0.1) is 0 Å². The minimum atomic E-state index is -2.74. The first-order chi connectivity index (χ1) is 7.28. The van der Waals surface area contributed by atoms with Gasteiger partial charge in [0.2, 0.25) is 0 Å². The molecule has 0 spiro atoms. The van der Waals surface area contributed by atoms with Crippen LogP contribution in [0.4, 0.5) is 0 Å². The van der Waals surface area contributed by atoms with Crippen molar-refractivity contribution in [3.05, 3.63) is 0 Å². The Balaban J connectivity index is 1.81. The maximum atomic E-state index is 11.3. The predicted molar refractivity (Wildman–Crippen MR) is 74.0 cm³/mol. The summed E-state index contributed by atoms with van der Waals surface area (Å²) in [4.78, 5) is 2.32. The van der Waals surface area contributed by atoms with Gasteiger partial charge >= 0.3 is 0 Å². The fraction of sp³-hybridized carbons (Fsp3) is 1.00. The molecule has 0 aromatic rings. The molecular formula is C9H20N2O2S3. The highest BCUT2D eigenvalue weighted by Gasteiger charge is 2.38. The Labute approximate surface area is 105 Å². The maximum Gasteiger partial charge on any atom is 0.152 e. The lowest BCUT2D eigenvalue weighted by Crippen LogP contribution is -2.61. The Morgan fingerprint density at radius 3 is 2.12 bits per heavy atom. The smallest absolute Gasteiger partial charge is 0.152 e. The molecular weight excluding hydrogens is 264 g/mol. The lowest BCUT2D eigenvalue weighted by molar-refractivity contribution is 0.102. The highest BCUT2D eigenvalue weighted by atomic mass is 33.1. The number of hydrogen-bond acceptors (Lipinski definition) is 5. The standard InChI is InChI=1S/C9H20N2O2S3/c1-15(2,14)11-7-9(8-11)10-3-5-16(12,13)6-4-10/h9,14H,3-8H2,1-2H3. The molecule has 2 heterocycles. The molecule has 0 aliphatic carbocycles. The van der Waals surface area contributed by atoms with E-state index in [2.05, 4.69) is 33.4 Å². The Bertz CT molecular complexity index is 343. The van der Waals surface area contributed by atoms with Crippen molar-refractivity contribution in [2.24, 2.45) is 0 Å². The van der Waals surface area contributed by atoms with Crippen LogP contribution in [0.2, 0.25) is 0 Å². The fourth-order valence-electron chi connectivity index (χ4n) is 2.10. The van der Waals surface area contributed by atoms with Crippen molar-refractivity contribution in [1.29, 1.82) is 0 Å². The molecule has 0 atom stereocenters. The average molecular weight is 284 g/mol. The normalized spacial score (nSPS) is 29.9. The monoisotopic (exact) mass is 284 g/mol. The minimum Gasteiger partial charge on any atom is -0.296 e. The second-order valence-corrected chi connectivity index (χ2v) is 12.8. The van der Waals surface area contributed by atoms with E-state index in [4.69, 9.17) is 0 Å². The Morgan fingerprint density at radius 2 is 1.69 bits per heavy atom. The highest BCUT2D eigenvalue weighted by Crippen LogP contribution is 2.51. The van der Waals surface area contributed by atoms with Gasteiger partial charge in [0.1, 0.15) is 0 Å². The van der Waals surface area contributed by atoms with E-state index in [-0.39, 0.29) is 0 Å². The van der Waals surface area contributed by atoms with Crippen molar-refractivity contribution in [3.8, 4) is 0 Å². The molecule has 2 aliphatic rings. The molecule has 0 bridgehead atoms.